The molecule has 21 heavy (non-hydrogen) atoms. The minimum Gasteiger partial charge on any atom is -0.388 e. The zero-order valence-electron chi connectivity index (χ0n) is 11.5. The molecule has 1 aliphatic carbocycles. The Labute approximate surface area is 121 Å². The second kappa shape index (κ2) is 5.94. The highest BCUT2D eigenvalue weighted by molar-refractivity contribution is 5.56. The van der Waals surface area contributed by atoms with Crippen molar-refractivity contribution in [2.75, 3.05) is 11.9 Å². The fourth-order valence-electron chi connectivity index (χ4n) is 2.65. The van der Waals surface area contributed by atoms with Crippen molar-refractivity contribution in [2.45, 2.75) is 43.9 Å². The summed E-state index contributed by atoms with van der Waals surface area (Å²) in [5.41, 5.74) is -1.96. The van der Waals surface area contributed by atoms with Gasteiger partial charge in [-0.05, 0) is 31.0 Å². The molecule has 1 aliphatic rings. The van der Waals surface area contributed by atoms with Gasteiger partial charge >= 0.3 is 6.18 Å². The van der Waals surface area contributed by atoms with Gasteiger partial charge in [0.15, 0.2) is 0 Å². The summed E-state index contributed by atoms with van der Waals surface area (Å²) in [4.78, 5) is 0. The van der Waals surface area contributed by atoms with Gasteiger partial charge in [0.1, 0.15) is 0 Å². The van der Waals surface area contributed by atoms with E-state index in [4.69, 9.17) is 5.26 Å². The molecule has 0 aromatic heterocycles. The maximum Gasteiger partial charge on any atom is 0.418 e. The van der Waals surface area contributed by atoms with Crippen LogP contribution in [0.5, 0.6) is 0 Å². The van der Waals surface area contributed by atoms with Crippen LogP contribution in [0.2, 0.25) is 0 Å². The van der Waals surface area contributed by atoms with E-state index in [2.05, 4.69) is 5.32 Å². The number of rotatable bonds is 3. The van der Waals surface area contributed by atoms with Crippen LogP contribution in [0.25, 0.3) is 0 Å². The first-order chi connectivity index (χ1) is 9.84. The molecule has 114 valence electrons. The minimum absolute atomic E-state index is 0.0377. The maximum absolute atomic E-state index is 13.0. The lowest BCUT2D eigenvalue weighted by molar-refractivity contribution is -0.137. The van der Waals surface area contributed by atoms with Crippen LogP contribution in [0.15, 0.2) is 18.2 Å². The van der Waals surface area contributed by atoms with Crippen LogP contribution in [0, 0.1) is 11.3 Å². The average molecular weight is 298 g/mol. The molecule has 1 saturated carbocycles. The number of nitrogens with one attached hydrogen (secondary N) is 1. The van der Waals surface area contributed by atoms with Crippen molar-refractivity contribution in [3.63, 3.8) is 0 Å². The molecule has 3 nitrogen and oxygen atoms in total. The SMILES string of the molecule is N#Cc1ccc(NCC2(O)CCCCC2)c(C(F)(F)F)c1. The number of benzene rings is 1. The van der Waals surface area contributed by atoms with Crippen LogP contribution in [0.1, 0.15) is 43.2 Å². The molecule has 6 heteroatoms. The van der Waals surface area contributed by atoms with Crippen molar-refractivity contribution in [1.82, 2.24) is 0 Å². The number of alkyl halides is 3. The fourth-order valence-corrected chi connectivity index (χ4v) is 2.65. The lowest BCUT2D eigenvalue weighted by Gasteiger charge is -2.32. The van der Waals surface area contributed by atoms with Crippen LogP contribution in [0.3, 0.4) is 0 Å². The molecule has 0 saturated heterocycles. The van der Waals surface area contributed by atoms with Crippen LogP contribution in [0.4, 0.5) is 18.9 Å². The van der Waals surface area contributed by atoms with E-state index in [1.807, 2.05) is 0 Å². The van der Waals surface area contributed by atoms with E-state index in [1.165, 1.54) is 12.1 Å². The highest BCUT2D eigenvalue weighted by Gasteiger charge is 2.35. The van der Waals surface area contributed by atoms with Crippen molar-refractivity contribution >= 4 is 5.69 Å². The Morgan fingerprint density at radius 1 is 1.24 bits per heavy atom. The van der Waals surface area contributed by atoms with Crippen molar-refractivity contribution in [3.05, 3.63) is 29.3 Å². The van der Waals surface area contributed by atoms with E-state index >= 15 is 0 Å². The molecule has 0 amide bonds. The van der Waals surface area contributed by atoms with Gasteiger partial charge in [-0.25, -0.2) is 0 Å². The van der Waals surface area contributed by atoms with Gasteiger partial charge in [0.2, 0.25) is 0 Å². The summed E-state index contributed by atoms with van der Waals surface area (Å²) in [6.45, 7) is 0.0853. The van der Waals surface area contributed by atoms with Crippen molar-refractivity contribution in [2.24, 2.45) is 0 Å². The summed E-state index contributed by atoms with van der Waals surface area (Å²) in [5.74, 6) is 0. The predicted octanol–water partition coefficient (Wildman–Crippen LogP) is 3.68. The van der Waals surface area contributed by atoms with Gasteiger partial charge in [0, 0.05) is 12.2 Å². The zero-order valence-corrected chi connectivity index (χ0v) is 11.5. The largest absolute Gasteiger partial charge is 0.418 e. The molecule has 2 rings (SSSR count). The second-order valence-corrected chi connectivity index (χ2v) is 5.51. The third-order valence-electron chi connectivity index (χ3n) is 3.85. The molecule has 2 N–H and O–H groups in total. The Balaban J connectivity index is 2.18. The lowest BCUT2D eigenvalue weighted by atomic mass is 9.85. The summed E-state index contributed by atoms with van der Waals surface area (Å²) >= 11 is 0. The Morgan fingerprint density at radius 3 is 2.48 bits per heavy atom. The summed E-state index contributed by atoms with van der Waals surface area (Å²) in [6, 6.07) is 5.11. The highest BCUT2D eigenvalue weighted by atomic mass is 19.4. The highest BCUT2D eigenvalue weighted by Crippen LogP contribution is 2.36. The topological polar surface area (TPSA) is 56.0 Å². The van der Waals surface area contributed by atoms with Gasteiger partial charge in [0.05, 0.1) is 22.8 Å². The molecule has 0 atom stereocenters. The molecule has 1 fully saturated rings. The molecule has 1 aromatic carbocycles. The van der Waals surface area contributed by atoms with Gasteiger partial charge in [-0.15, -0.1) is 0 Å². The van der Waals surface area contributed by atoms with Crippen molar-refractivity contribution in [1.29, 1.82) is 5.26 Å². The molecule has 1 aromatic rings. The van der Waals surface area contributed by atoms with Gasteiger partial charge in [-0.3, -0.25) is 0 Å². The Morgan fingerprint density at radius 2 is 1.90 bits per heavy atom. The van der Waals surface area contributed by atoms with E-state index in [9.17, 15) is 18.3 Å². The lowest BCUT2D eigenvalue weighted by Crippen LogP contribution is -2.39. The monoisotopic (exact) mass is 298 g/mol. The summed E-state index contributed by atoms with van der Waals surface area (Å²) in [7, 11) is 0. The third kappa shape index (κ3) is 3.88. The summed E-state index contributed by atoms with van der Waals surface area (Å²) in [6.07, 6.45) is -0.526. The molecule has 0 unspecified atom stereocenters. The zero-order chi connectivity index (χ0) is 15.5. The van der Waals surface area contributed by atoms with Gasteiger partial charge in [0.25, 0.3) is 0 Å². The van der Waals surface area contributed by atoms with Crippen LogP contribution >= 0.6 is 0 Å². The van der Waals surface area contributed by atoms with Crippen LogP contribution in [-0.2, 0) is 6.18 Å². The van der Waals surface area contributed by atoms with E-state index < -0.39 is 17.3 Å². The number of nitrogens with zero attached hydrogens (tertiary/aromatic N) is 1. The van der Waals surface area contributed by atoms with E-state index in [0.717, 1.165) is 25.3 Å². The first-order valence-corrected chi connectivity index (χ1v) is 6.92. The second-order valence-electron chi connectivity index (χ2n) is 5.51. The van der Waals surface area contributed by atoms with E-state index in [0.29, 0.717) is 12.8 Å². The Bertz CT molecular complexity index is 543. The Kier molecular flexibility index (Phi) is 4.43. The molecule has 0 aliphatic heterocycles. The number of anilines is 1. The predicted molar refractivity (Wildman–Crippen MR) is 72.7 cm³/mol. The van der Waals surface area contributed by atoms with E-state index in [1.54, 1.807) is 6.07 Å². The smallest absolute Gasteiger partial charge is 0.388 e. The Hall–Kier alpha value is -1.74. The van der Waals surface area contributed by atoms with Gasteiger partial charge in [-0.1, -0.05) is 19.3 Å². The first-order valence-electron chi connectivity index (χ1n) is 6.92. The summed E-state index contributed by atoms with van der Waals surface area (Å²) < 4.78 is 39.0. The number of halogens is 3. The van der Waals surface area contributed by atoms with Gasteiger partial charge < -0.3 is 10.4 Å². The van der Waals surface area contributed by atoms with Crippen LogP contribution < -0.4 is 5.32 Å². The fraction of sp³-hybridized carbons (Fsp3) is 0.533. The molecule has 0 heterocycles. The van der Waals surface area contributed by atoms with Crippen molar-refractivity contribution < 1.29 is 18.3 Å². The average Bonchev–Trinajstić information content (AvgIpc) is 2.45. The van der Waals surface area contributed by atoms with Crippen LogP contribution in [-0.4, -0.2) is 17.3 Å². The molecule has 0 spiro atoms. The number of nitriles is 1. The molecule has 0 radical (unpaired) electrons. The van der Waals surface area contributed by atoms with Crippen molar-refractivity contribution in [3.8, 4) is 6.07 Å². The van der Waals surface area contributed by atoms with Gasteiger partial charge in [-0.2, -0.15) is 18.4 Å². The third-order valence-corrected chi connectivity index (χ3v) is 3.85. The molecular weight excluding hydrogens is 281 g/mol. The normalized spacial score (nSPS) is 18.0. The summed E-state index contributed by atoms with van der Waals surface area (Å²) in [5, 5.41) is 21.7. The number of aliphatic hydroxyl groups is 1. The molecule has 0 bridgehead atoms. The quantitative estimate of drug-likeness (QED) is 0.895. The number of hydrogen-bond donors (Lipinski definition) is 2. The minimum atomic E-state index is -4.54. The first kappa shape index (κ1) is 15.6. The standard InChI is InChI=1S/C15H17F3N2O/c16-15(17,18)12-8-11(9-19)4-5-13(12)20-10-14(21)6-2-1-3-7-14/h4-5,8,20-21H,1-3,6-7,10H2. The molecular formula is C15H17F3N2O. The maximum atomic E-state index is 13.0. The van der Waals surface area contributed by atoms with E-state index in [-0.39, 0.29) is 17.8 Å². The number of hydrogen-bond acceptors (Lipinski definition) is 3.